The van der Waals surface area contributed by atoms with Crippen molar-refractivity contribution in [3.63, 3.8) is 0 Å². The summed E-state index contributed by atoms with van der Waals surface area (Å²) in [5.74, 6) is 0. The van der Waals surface area contributed by atoms with Crippen molar-refractivity contribution in [2.45, 2.75) is 23.8 Å². The molecular formula is C4H4ClF3O. The first-order valence-electron chi connectivity index (χ1n) is 2.38. The standard InChI is InChI=1S/C4H4ClF3O/c5-4(7)2(6)1-3(4)9-8/h2-3H,1H2. The van der Waals surface area contributed by atoms with Crippen molar-refractivity contribution >= 4 is 11.6 Å². The van der Waals surface area contributed by atoms with Gasteiger partial charge in [-0.2, -0.15) is 4.94 Å². The van der Waals surface area contributed by atoms with Gasteiger partial charge in [0.2, 0.25) is 5.13 Å². The first kappa shape index (κ1) is 7.15. The Kier molecular flexibility index (Phi) is 1.61. The van der Waals surface area contributed by atoms with Gasteiger partial charge in [0.05, 0.1) is 0 Å². The van der Waals surface area contributed by atoms with Crippen molar-refractivity contribution in [1.82, 2.24) is 0 Å². The van der Waals surface area contributed by atoms with E-state index in [1.54, 1.807) is 0 Å². The first-order chi connectivity index (χ1) is 4.09. The Balaban J connectivity index is 2.48. The molecule has 0 radical (unpaired) electrons. The molecule has 0 aliphatic heterocycles. The van der Waals surface area contributed by atoms with E-state index >= 15 is 0 Å². The van der Waals surface area contributed by atoms with Gasteiger partial charge in [-0.05, 0) is 4.53 Å². The van der Waals surface area contributed by atoms with Crippen molar-refractivity contribution in [1.29, 1.82) is 0 Å². The number of alkyl halides is 3. The summed E-state index contributed by atoms with van der Waals surface area (Å²) in [7, 11) is 0. The smallest absolute Gasteiger partial charge is 0.242 e. The third-order valence-electron chi connectivity index (χ3n) is 1.38. The summed E-state index contributed by atoms with van der Waals surface area (Å²) in [5, 5.41) is -2.64. The molecule has 0 aromatic carbocycles. The van der Waals surface area contributed by atoms with E-state index in [9.17, 15) is 13.3 Å². The Hall–Kier alpha value is 0.0400. The van der Waals surface area contributed by atoms with Crippen molar-refractivity contribution in [2.75, 3.05) is 0 Å². The van der Waals surface area contributed by atoms with Crippen LogP contribution in [-0.2, 0) is 4.94 Å². The van der Waals surface area contributed by atoms with E-state index < -0.39 is 17.4 Å². The van der Waals surface area contributed by atoms with Crippen molar-refractivity contribution in [3.8, 4) is 0 Å². The molecule has 0 N–H and O–H groups in total. The van der Waals surface area contributed by atoms with Crippen LogP contribution < -0.4 is 0 Å². The van der Waals surface area contributed by atoms with Gasteiger partial charge in [-0.3, -0.25) is 0 Å². The summed E-state index contributed by atoms with van der Waals surface area (Å²) >= 11 is 4.81. The van der Waals surface area contributed by atoms with Crippen molar-refractivity contribution < 1.29 is 18.2 Å². The van der Waals surface area contributed by atoms with Crippen LogP contribution in [0.5, 0.6) is 0 Å². The lowest BCUT2D eigenvalue weighted by Gasteiger charge is -2.37. The van der Waals surface area contributed by atoms with Gasteiger partial charge in [0, 0.05) is 6.42 Å². The van der Waals surface area contributed by atoms with Gasteiger partial charge in [-0.1, -0.05) is 11.6 Å². The fourth-order valence-electron chi connectivity index (χ4n) is 0.639. The van der Waals surface area contributed by atoms with Crippen LogP contribution in [0.1, 0.15) is 6.42 Å². The lowest BCUT2D eigenvalue weighted by Crippen LogP contribution is -2.54. The fourth-order valence-corrected chi connectivity index (χ4v) is 0.851. The van der Waals surface area contributed by atoms with Crippen LogP contribution in [0, 0.1) is 0 Å². The largest absolute Gasteiger partial charge is 0.243 e. The summed E-state index contributed by atoms with van der Waals surface area (Å²) < 4.78 is 35.4. The monoisotopic (exact) mass is 160 g/mol. The van der Waals surface area contributed by atoms with E-state index in [1.807, 2.05) is 0 Å². The topological polar surface area (TPSA) is 9.23 Å². The minimum absolute atomic E-state index is 0.309. The van der Waals surface area contributed by atoms with E-state index in [2.05, 4.69) is 4.94 Å². The fraction of sp³-hybridized carbons (Fsp3) is 1.00. The predicted molar refractivity (Wildman–Crippen MR) is 25.2 cm³/mol. The van der Waals surface area contributed by atoms with Crippen LogP contribution in [0.15, 0.2) is 0 Å². The molecule has 0 bridgehead atoms. The molecule has 5 heteroatoms. The zero-order chi connectivity index (χ0) is 7.07. The molecule has 0 saturated heterocycles. The molecule has 0 aromatic heterocycles. The molecule has 3 atom stereocenters. The Bertz CT molecular complexity index is 118. The van der Waals surface area contributed by atoms with Crippen molar-refractivity contribution in [2.24, 2.45) is 0 Å². The molecule has 1 rings (SSSR count). The van der Waals surface area contributed by atoms with Crippen LogP contribution >= 0.6 is 11.6 Å². The van der Waals surface area contributed by atoms with Crippen LogP contribution in [0.3, 0.4) is 0 Å². The SMILES string of the molecule is FOC1CC(F)C1(F)Cl. The molecule has 1 nitrogen and oxygen atoms in total. The minimum Gasteiger partial charge on any atom is -0.242 e. The molecule has 54 valence electrons. The second kappa shape index (κ2) is 2.02. The summed E-state index contributed by atoms with van der Waals surface area (Å²) in [5.41, 5.74) is 0. The van der Waals surface area contributed by atoms with Gasteiger partial charge in [0.1, 0.15) is 0 Å². The summed E-state index contributed by atoms with van der Waals surface area (Å²) in [6.45, 7) is 0. The lowest BCUT2D eigenvalue weighted by molar-refractivity contribution is -0.255. The first-order valence-corrected chi connectivity index (χ1v) is 2.76. The summed E-state index contributed by atoms with van der Waals surface area (Å²) in [6.07, 6.45) is -3.55. The maximum atomic E-state index is 12.3. The number of hydrogen-bond donors (Lipinski definition) is 0. The zero-order valence-electron chi connectivity index (χ0n) is 4.28. The Labute approximate surface area is 54.6 Å². The maximum absolute atomic E-state index is 12.3. The quantitative estimate of drug-likeness (QED) is 0.533. The highest BCUT2D eigenvalue weighted by Gasteiger charge is 2.58. The summed E-state index contributed by atoms with van der Waals surface area (Å²) in [4.78, 5) is 3.02. The van der Waals surface area contributed by atoms with E-state index in [0.29, 0.717) is 0 Å². The molecule has 0 spiro atoms. The molecule has 1 aliphatic carbocycles. The molecular weight excluding hydrogens is 156 g/mol. The highest BCUT2D eigenvalue weighted by molar-refractivity contribution is 6.24. The second-order valence-corrected chi connectivity index (χ2v) is 2.53. The Morgan fingerprint density at radius 2 is 2.22 bits per heavy atom. The number of halogens is 4. The van der Waals surface area contributed by atoms with Crippen LogP contribution in [0.4, 0.5) is 13.3 Å². The van der Waals surface area contributed by atoms with Crippen LogP contribution in [-0.4, -0.2) is 17.4 Å². The molecule has 1 aliphatic rings. The molecule has 9 heavy (non-hydrogen) atoms. The zero-order valence-corrected chi connectivity index (χ0v) is 5.04. The highest BCUT2D eigenvalue weighted by Crippen LogP contribution is 2.44. The molecule has 1 fully saturated rings. The van der Waals surface area contributed by atoms with Gasteiger partial charge in [0.25, 0.3) is 0 Å². The van der Waals surface area contributed by atoms with Crippen LogP contribution in [0.25, 0.3) is 0 Å². The molecule has 0 heterocycles. The number of hydrogen-bond acceptors (Lipinski definition) is 1. The van der Waals surface area contributed by atoms with E-state index in [-0.39, 0.29) is 6.42 Å². The Morgan fingerprint density at radius 3 is 2.33 bits per heavy atom. The molecule has 1 saturated carbocycles. The van der Waals surface area contributed by atoms with E-state index in [1.165, 1.54) is 0 Å². The molecule has 0 aromatic rings. The summed E-state index contributed by atoms with van der Waals surface area (Å²) in [6, 6.07) is 0. The average Bonchev–Trinajstić information content (AvgIpc) is 1.82. The number of rotatable bonds is 1. The minimum atomic E-state index is -2.64. The molecule has 3 unspecified atom stereocenters. The van der Waals surface area contributed by atoms with Crippen molar-refractivity contribution in [3.05, 3.63) is 0 Å². The van der Waals surface area contributed by atoms with Gasteiger partial charge < -0.3 is 0 Å². The normalized spacial score (nSPS) is 50.7. The molecule has 0 amide bonds. The predicted octanol–water partition coefficient (Wildman–Crippen LogP) is 1.90. The highest BCUT2D eigenvalue weighted by atomic mass is 35.5. The van der Waals surface area contributed by atoms with Crippen LogP contribution in [0.2, 0.25) is 0 Å². The van der Waals surface area contributed by atoms with E-state index in [4.69, 9.17) is 11.6 Å². The van der Waals surface area contributed by atoms with Gasteiger partial charge >= 0.3 is 0 Å². The average molecular weight is 161 g/mol. The lowest BCUT2D eigenvalue weighted by atomic mass is 9.90. The van der Waals surface area contributed by atoms with Gasteiger partial charge in [-0.15, -0.1) is 0 Å². The van der Waals surface area contributed by atoms with Gasteiger partial charge in [0.15, 0.2) is 12.3 Å². The maximum Gasteiger partial charge on any atom is 0.243 e. The van der Waals surface area contributed by atoms with E-state index in [0.717, 1.165) is 0 Å². The Morgan fingerprint density at radius 1 is 1.67 bits per heavy atom. The second-order valence-electron chi connectivity index (χ2n) is 1.96. The third kappa shape index (κ3) is 0.901. The third-order valence-corrected chi connectivity index (χ3v) is 1.86. The van der Waals surface area contributed by atoms with Gasteiger partial charge in [-0.25, -0.2) is 8.78 Å².